The molecule has 112 valence electrons. The van der Waals surface area contributed by atoms with Crippen LogP contribution in [-0.2, 0) is 19.3 Å². The van der Waals surface area contributed by atoms with Gasteiger partial charge in [0.2, 0.25) is 0 Å². The van der Waals surface area contributed by atoms with Crippen molar-refractivity contribution in [2.24, 2.45) is 0 Å². The van der Waals surface area contributed by atoms with Gasteiger partial charge in [0.15, 0.2) is 5.82 Å². The number of halogens is 3. The van der Waals surface area contributed by atoms with Crippen molar-refractivity contribution in [3.8, 4) is 0 Å². The van der Waals surface area contributed by atoms with Gasteiger partial charge in [-0.15, -0.1) is 5.10 Å². The quantitative estimate of drug-likeness (QED) is 0.917. The van der Waals surface area contributed by atoms with Crippen molar-refractivity contribution >= 4 is 0 Å². The number of aromatic nitrogens is 4. The second-order valence-corrected chi connectivity index (χ2v) is 5.10. The number of hydrogen-bond donors (Lipinski definition) is 1. The fourth-order valence-electron chi connectivity index (χ4n) is 1.97. The minimum atomic E-state index is -4.31. The molecule has 1 heterocycles. The second-order valence-electron chi connectivity index (χ2n) is 5.10. The molecule has 1 aromatic heterocycles. The first-order valence-electron chi connectivity index (χ1n) is 6.67. The Labute approximate surface area is 119 Å². The van der Waals surface area contributed by atoms with Crippen molar-refractivity contribution in [2.45, 2.75) is 38.1 Å². The second kappa shape index (κ2) is 5.44. The standard InChI is InChI=1S/C13H14F3N5/c14-13(15,16)10-3-1-9(2-4-10)8-21-12(18-19-20-21)7-17-11-5-6-11/h1-4,11,17H,5-8H2. The molecule has 1 aromatic carbocycles. The van der Waals surface area contributed by atoms with Crippen molar-refractivity contribution in [1.82, 2.24) is 25.5 Å². The van der Waals surface area contributed by atoms with E-state index in [9.17, 15) is 13.2 Å². The minimum absolute atomic E-state index is 0.354. The van der Waals surface area contributed by atoms with Crippen LogP contribution in [0.5, 0.6) is 0 Å². The van der Waals surface area contributed by atoms with Gasteiger partial charge < -0.3 is 5.32 Å². The van der Waals surface area contributed by atoms with E-state index in [1.54, 1.807) is 4.68 Å². The number of hydrogen-bond acceptors (Lipinski definition) is 4. The van der Waals surface area contributed by atoms with Crippen LogP contribution in [0, 0.1) is 0 Å². The van der Waals surface area contributed by atoms with E-state index in [1.807, 2.05) is 0 Å². The van der Waals surface area contributed by atoms with Gasteiger partial charge in [-0.2, -0.15) is 13.2 Å². The van der Waals surface area contributed by atoms with Crippen molar-refractivity contribution in [2.75, 3.05) is 0 Å². The van der Waals surface area contributed by atoms with Crippen molar-refractivity contribution in [1.29, 1.82) is 0 Å². The van der Waals surface area contributed by atoms with E-state index >= 15 is 0 Å². The highest BCUT2D eigenvalue weighted by molar-refractivity contribution is 5.24. The summed E-state index contributed by atoms with van der Waals surface area (Å²) >= 11 is 0. The van der Waals surface area contributed by atoms with Gasteiger partial charge in [0.25, 0.3) is 0 Å². The number of nitrogens with one attached hydrogen (secondary N) is 1. The molecular formula is C13H14F3N5. The lowest BCUT2D eigenvalue weighted by molar-refractivity contribution is -0.137. The fraction of sp³-hybridized carbons (Fsp3) is 0.462. The lowest BCUT2D eigenvalue weighted by Crippen LogP contribution is -2.19. The van der Waals surface area contributed by atoms with Crippen LogP contribution in [0.1, 0.15) is 29.8 Å². The molecule has 1 saturated carbocycles. The van der Waals surface area contributed by atoms with E-state index in [-0.39, 0.29) is 0 Å². The summed E-state index contributed by atoms with van der Waals surface area (Å²) in [6.45, 7) is 0.922. The number of rotatable bonds is 5. The van der Waals surface area contributed by atoms with Gasteiger partial charge in [0, 0.05) is 6.04 Å². The Balaban J connectivity index is 1.67. The zero-order valence-electron chi connectivity index (χ0n) is 11.1. The molecule has 0 amide bonds. The Morgan fingerprint density at radius 3 is 2.52 bits per heavy atom. The molecule has 0 atom stereocenters. The number of nitrogens with zero attached hydrogens (tertiary/aromatic N) is 4. The molecule has 0 bridgehead atoms. The van der Waals surface area contributed by atoms with Gasteiger partial charge in [-0.25, -0.2) is 4.68 Å². The summed E-state index contributed by atoms with van der Waals surface area (Å²) in [5, 5.41) is 14.7. The fourth-order valence-corrected chi connectivity index (χ4v) is 1.97. The van der Waals surface area contributed by atoms with Crippen molar-refractivity contribution in [3.05, 3.63) is 41.2 Å². The first kappa shape index (κ1) is 14.0. The van der Waals surface area contributed by atoms with E-state index in [2.05, 4.69) is 20.8 Å². The van der Waals surface area contributed by atoms with Crippen LogP contribution >= 0.6 is 0 Å². The largest absolute Gasteiger partial charge is 0.416 e. The lowest BCUT2D eigenvalue weighted by Gasteiger charge is -2.08. The zero-order valence-corrected chi connectivity index (χ0v) is 11.1. The summed E-state index contributed by atoms with van der Waals surface area (Å²) in [7, 11) is 0. The molecule has 0 spiro atoms. The van der Waals surface area contributed by atoms with Crippen LogP contribution in [-0.4, -0.2) is 26.2 Å². The van der Waals surface area contributed by atoms with Gasteiger partial charge in [-0.3, -0.25) is 0 Å². The van der Waals surface area contributed by atoms with Gasteiger partial charge in [-0.05, 0) is 41.0 Å². The van der Waals surface area contributed by atoms with E-state index in [0.717, 1.165) is 17.7 Å². The van der Waals surface area contributed by atoms with Gasteiger partial charge >= 0.3 is 6.18 Å². The van der Waals surface area contributed by atoms with Gasteiger partial charge in [0.1, 0.15) is 0 Å². The molecule has 0 radical (unpaired) electrons. The monoisotopic (exact) mass is 297 g/mol. The average molecular weight is 297 g/mol. The Morgan fingerprint density at radius 1 is 1.19 bits per heavy atom. The molecule has 5 nitrogen and oxygen atoms in total. The Morgan fingerprint density at radius 2 is 1.90 bits per heavy atom. The molecule has 0 saturated heterocycles. The van der Waals surface area contributed by atoms with Crippen LogP contribution in [0.4, 0.5) is 13.2 Å². The highest BCUT2D eigenvalue weighted by Crippen LogP contribution is 2.29. The van der Waals surface area contributed by atoms with E-state index in [1.165, 1.54) is 25.0 Å². The molecule has 21 heavy (non-hydrogen) atoms. The van der Waals surface area contributed by atoms with Crippen LogP contribution in [0.15, 0.2) is 24.3 Å². The third-order valence-electron chi connectivity index (χ3n) is 3.35. The first-order valence-corrected chi connectivity index (χ1v) is 6.67. The smallest absolute Gasteiger partial charge is 0.307 e. The predicted molar refractivity (Wildman–Crippen MR) is 68.2 cm³/mol. The normalized spacial score (nSPS) is 15.4. The van der Waals surface area contributed by atoms with Crippen LogP contribution < -0.4 is 5.32 Å². The van der Waals surface area contributed by atoms with Crippen molar-refractivity contribution in [3.63, 3.8) is 0 Å². The topological polar surface area (TPSA) is 55.6 Å². The average Bonchev–Trinajstić information content (AvgIpc) is 3.17. The lowest BCUT2D eigenvalue weighted by atomic mass is 10.1. The van der Waals surface area contributed by atoms with E-state index in [0.29, 0.717) is 25.0 Å². The maximum Gasteiger partial charge on any atom is 0.416 e. The summed E-state index contributed by atoms with van der Waals surface area (Å²) in [6.07, 6.45) is -1.98. The molecule has 1 aliphatic carbocycles. The highest BCUT2D eigenvalue weighted by atomic mass is 19.4. The number of tetrazole rings is 1. The molecule has 0 unspecified atom stereocenters. The van der Waals surface area contributed by atoms with Crippen LogP contribution in [0.2, 0.25) is 0 Å². The SMILES string of the molecule is FC(F)(F)c1ccc(Cn2nnnc2CNC2CC2)cc1. The summed E-state index contributed by atoms with van der Waals surface area (Å²) in [5.74, 6) is 0.682. The maximum absolute atomic E-state index is 12.5. The molecule has 1 fully saturated rings. The van der Waals surface area contributed by atoms with Crippen LogP contribution in [0.25, 0.3) is 0 Å². The van der Waals surface area contributed by atoms with Crippen molar-refractivity contribution < 1.29 is 13.2 Å². The molecule has 1 N–H and O–H groups in total. The molecule has 0 aliphatic heterocycles. The highest BCUT2D eigenvalue weighted by Gasteiger charge is 2.30. The zero-order chi connectivity index (χ0) is 14.9. The summed E-state index contributed by atoms with van der Waals surface area (Å²) in [4.78, 5) is 0. The van der Waals surface area contributed by atoms with E-state index < -0.39 is 11.7 Å². The predicted octanol–water partition coefficient (Wildman–Crippen LogP) is 1.99. The Bertz CT molecular complexity index is 601. The number of benzene rings is 1. The third kappa shape index (κ3) is 3.57. The summed E-state index contributed by atoms with van der Waals surface area (Å²) in [5.41, 5.74) is 0.0709. The maximum atomic E-state index is 12.5. The summed E-state index contributed by atoms with van der Waals surface area (Å²) < 4.78 is 39.1. The minimum Gasteiger partial charge on any atom is -0.307 e. The third-order valence-corrected chi connectivity index (χ3v) is 3.35. The summed E-state index contributed by atoms with van der Waals surface area (Å²) in [6, 6.07) is 5.58. The molecular weight excluding hydrogens is 283 g/mol. The first-order chi connectivity index (χ1) is 10.0. The molecule has 8 heteroatoms. The number of alkyl halides is 3. The Hall–Kier alpha value is -1.96. The molecule has 2 aromatic rings. The van der Waals surface area contributed by atoms with Crippen LogP contribution in [0.3, 0.4) is 0 Å². The Kier molecular flexibility index (Phi) is 3.62. The molecule has 3 rings (SSSR count). The van der Waals surface area contributed by atoms with Gasteiger partial charge in [0.05, 0.1) is 18.7 Å². The van der Waals surface area contributed by atoms with Gasteiger partial charge in [-0.1, -0.05) is 12.1 Å². The van der Waals surface area contributed by atoms with E-state index in [4.69, 9.17) is 0 Å². The molecule has 1 aliphatic rings.